The van der Waals surface area contributed by atoms with E-state index in [0.29, 0.717) is 14.9 Å². The van der Waals surface area contributed by atoms with Crippen molar-refractivity contribution in [2.45, 2.75) is 6.92 Å². The summed E-state index contributed by atoms with van der Waals surface area (Å²) in [5.41, 5.74) is 1.47. The summed E-state index contributed by atoms with van der Waals surface area (Å²) in [6.07, 6.45) is 1.76. The van der Waals surface area contributed by atoms with E-state index in [-0.39, 0.29) is 11.8 Å². The van der Waals surface area contributed by atoms with Crippen LogP contribution in [-0.4, -0.2) is 27.8 Å². The van der Waals surface area contributed by atoms with Gasteiger partial charge in [0.15, 0.2) is 0 Å². The molecule has 3 rings (SSSR count). The second-order valence-corrected chi connectivity index (χ2v) is 5.88. The Bertz CT molecular complexity index is 821. The third-order valence-corrected chi connectivity index (χ3v) is 5.16. The number of fused-ring (bicyclic) bond motifs is 3. The SMILES string of the molecule is COC(=O)c1sc2ccn3nc(O)c(C)c3c2c1Br. The summed E-state index contributed by atoms with van der Waals surface area (Å²) in [6.45, 7) is 1.79. The summed E-state index contributed by atoms with van der Waals surface area (Å²) in [7, 11) is 1.35. The second-order valence-electron chi connectivity index (χ2n) is 4.03. The lowest BCUT2D eigenvalue weighted by Crippen LogP contribution is -1.98. The first kappa shape index (κ1) is 12.4. The molecule has 0 fully saturated rings. The number of thiophene rings is 1. The lowest BCUT2D eigenvalue weighted by atomic mass is 10.2. The zero-order chi connectivity index (χ0) is 13.7. The lowest BCUT2D eigenvalue weighted by Gasteiger charge is -1.97. The zero-order valence-electron chi connectivity index (χ0n) is 10.1. The smallest absolute Gasteiger partial charge is 0.349 e. The van der Waals surface area contributed by atoms with Crippen molar-refractivity contribution in [2.75, 3.05) is 7.11 Å². The molecule has 7 heteroatoms. The van der Waals surface area contributed by atoms with Crippen molar-refractivity contribution in [3.05, 3.63) is 27.2 Å². The zero-order valence-corrected chi connectivity index (χ0v) is 12.5. The van der Waals surface area contributed by atoms with Crippen LogP contribution in [0.15, 0.2) is 16.7 Å². The van der Waals surface area contributed by atoms with E-state index in [1.807, 2.05) is 6.07 Å². The normalized spacial score (nSPS) is 11.3. The molecule has 0 aliphatic heterocycles. The number of hydrogen-bond donors (Lipinski definition) is 1. The number of carbonyl (C=O) groups is 1. The maximum atomic E-state index is 11.7. The molecule has 5 nitrogen and oxygen atoms in total. The van der Waals surface area contributed by atoms with E-state index in [4.69, 9.17) is 4.74 Å². The van der Waals surface area contributed by atoms with E-state index in [1.54, 1.807) is 17.6 Å². The molecule has 98 valence electrons. The summed E-state index contributed by atoms with van der Waals surface area (Å²) in [5.74, 6) is -0.391. The summed E-state index contributed by atoms with van der Waals surface area (Å²) in [6, 6.07) is 1.86. The third-order valence-electron chi connectivity index (χ3n) is 2.97. The van der Waals surface area contributed by atoms with Gasteiger partial charge in [0.25, 0.3) is 0 Å². The number of hydrogen-bond acceptors (Lipinski definition) is 5. The fourth-order valence-electron chi connectivity index (χ4n) is 2.04. The number of methoxy groups -OCH3 is 1. The highest BCUT2D eigenvalue weighted by molar-refractivity contribution is 9.10. The maximum Gasteiger partial charge on any atom is 0.349 e. The van der Waals surface area contributed by atoms with Crippen LogP contribution in [0.25, 0.3) is 15.6 Å². The van der Waals surface area contributed by atoms with Crippen molar-refractivity contribution in [1.29, 1.82) is 0 Å². The van der Waals surface area contributed by atoms with Crippen LogP contribution in [0, 0.1) is 6.92 Å². The van der Waals surface area contributed by atoms with E-state index in [2.05, 4.69) is 21.0 Å². The minimum Gasteiger partial charge on any atom is -0.492 e. The summed E-state index contributed by atoms with van der Waals surface area (Å²) in [5, 5.41) is 14.6. The van der Waals surface area contributed by atoms with Gasteiger partial charge >= 0.3 is 5.97 Å². The predicted molar refractivity (Wildman–Crippen MR) is 76.0 cm³/mol. The standard InChI is InChI=1S/C12H9BrN2O3S/c1-5-9-7-6(3-4-15(9)14-11(5)16)19-10(8(7)13)12(17)18-2/h3-4H,1-2H3,(H,14,16). The van der Waals surface area contributed by atoms with Crippen LogP contribution in [0.1, 0.15) is 15.2 Å². The van der Waals surface area contributed by atoms with Crippen LogP contribution < -0.4 is 0 Å². The number of halogens is 1. The largest absolute Gasteiger partial charge is 0.492 e. The highest BCUT2D eigenvalue weighted by atomic mass is 79.9. The molecule has 0 aromatic carbocycles. The molecule has 0 bridgehead atoms. The molecule has 0 amide bonds. The van der Waals surface area contributed by atoms with Crippen LogP contribution >= 0.6 is 27.3 Å². The number of aryl methyl sites for hydroxylation is 1. The van der Waals surface area contributed by atoms with Crippen molar-refractivity contribution in [3.8, 4) is 5.88 Å². The van der Waals surface area contributed by atoms with Crippen molar-refractivity contribution < 1.29 is 14.6 Å². The van der Waals surface area contributed by atoms with Gasteiger partial charge in [-0.3, -0.25) is 0 Å². The maximum absolute atomic E-state index is 11.7. The number of aromatic hydroxyl groups is 1. The van der Waals surface area contributed by atoms with Crippen LogP contribution in [0.2, 0.25) is 0 Å². The van der Waals surface area contributed by atoms with E-state index >= 15 is 0 Å². The predicted octanol–water partition coefficient (Wildman–Crippen LogP) is 3.11. The Hall–Kier alpha value is -1.60. The van der Waals surface area contributed by atoms with Crippen molar-refractivity contribution in [2.24, 2.45) is 0 Å². The minimum atomic E-state index is -0.382. The number of aromatic nitrogens is 2. The van der Waals surface area contributed by atoms with Gasteiger partial charge in [-0.15, -0.1) is 16.4 Å². The monoisotopic (exact) mass is 340 g/mol. The van der Waals surface area contributed by atoms with E-state index < -0.39 is 0 Å². The highest BCUT2D eigenvalue weighted by Gasteiger charge is 2.21. The molecule has 0 aliphatic rings. The molecule has 0 aliphatic carbocycles. The van der Waals surface area contributed by atoms with E-state index in [0.717, 1.165) is 15.6 Å². The van der Waals surface area contributed by atoms with Gasteiger partial charge in [0.05, 0.1) is 17.1 Å². The average molecular weight is 341 g/mol. The molecule has 0 saturated heterocycles. The van der Waals surface area contributed by atoms with Gasteiger partial charge in [-0.25, -0.2) is 9.31 Å². The molecule has 1 N–H and O–H groups in total. The molecule has 0 saturated carbocycles. The Morgan fingerprint density at radius 2 is 2.32 bits per heavy atom. The van der Waals surface area contributed by atoms with Crippen LogP contribution in [0.5, 0.6) is 5.88 Å². The van der Waals surface area contributed by atoms with Crippen LogP contribution in [0.4, 0.5) is 0 Å². The lowest BCUT2D eigenvalue weighted by molar-refractivity contribution is 0.0605. The molecule has 19 heavy (non-hydrogen) atoms. The summed E-state index contributed by atoms with van der Waals surface area (Å²) in [4.78, 5) is 12.2. The highest BCUT2D eigenvalue weighted by Crippen LogP contribution is 2.40. The first-order chi connectivity index (χ1) is 9.04. The first-order valence-corrected chi connectivity index (χ1v) is 7.02. The van der Waals surface area contributed by atoms with Crippen molar-refractivity contribution in [1.82, 2.24) is 9.61 Å². The van der Waals surface area contributed by atoms with Gasteiger partial charge in [0.1, 0.15) is 4.88 Å². The van der Waals surface area contributed by atoms with Gasteiger partial charge in [0.2, 0.25) is 5.88 Å². The Morgan fingerprint density at radius 3 is 3.00 bits per heavy atom. The molecule has 0 radical (unpaired) electrons. The molecule has 0 atom stereocenters. The van der Waals surface area contributed by atoms with Gasteiger partial charge in [-0.1, -0.05) is 0 Å². The van der Waals surface area contributed by atoms with Crippen molar-refractivity contribution >= 4 is 48.8 Å². The summed E-state index contributed by atoms with van der Waals surface area (Å²) >= 11 is 4.79. The van der Waals surface area contributed by atoms with Gasteiger partial charge in [0, 0.05) is 21.8 Å². The average Bonchev–Trinajstić information content (AvgIpc) is 2.88. The molecular formula is C12H9BrN2O3S. The first-order valence-electron chi connectivity index (χ1n) is 5.41. The fraction of sp³-hybridized carbons (Fsp3) is 0.167. The Balaban J connectivity index is 2.48. The fourth-order valence-corrected chi connectivity index (χ4v) is 3.99. The Morgan fingerprint density at radius 1 is 1.58 bits per heavy atom. The quantitative estimate of drug-likeness (QED) is 0.691. The number of ether oxygens (including phenoxy) is 1. The molecular weight excluding hydrogens is 332 g/mol. The van der Waals surface area contributed by atoms with Crippen LogP contribution in [0.3, 0.4) is 0 Å². The number of carbonyl (C=O) groups excluding carboxylic acids is 1. The number of pyridine rings is 1. The number of esters is 1. The van der Waals surface area contributed by atoms with Gasteiger partial charge < -0.3 is 9.84 Å². The van der Waals surface area contributed by atoms with Gasteiger partial charge in [-0.2, -0.15) is 0 Å². The van der Waals surface area contributed by atoms with Gasteiger partial charge in [-0.05, 0) is 28.9 Å². The molecule has 3 aromatic heterocycles. The van der Waals surface area contributed by atoms with E-state index in [9.17, 15) is 9.90 Å². The molecule has 3 aromatic rings. The number of rotatable bonds is 1. The Kier molecular flexibility index (Phi) is 2.75. The topological polar surface area (TPSA) is 63.8 Å². The summed E-state index contributed by atoms with van der Waals surface area (Å²) < 4.78 is 7.97. The van der Waals surface area contributed by atoms with Crippen molar-refractivity contribution in [3.63, 3.8) is 0 Å². The minimum absolute atomic E-state index is 0.00906. The van der Waals surface area contributed by atoms with Crippen LogP contribution in [-0.2, 0) is 4.74 Å². The Labute approximate surface area is 120 Å². The molecule has 0 spiro atoms. The second kappa shape index (κ2) is 4.21. The van der Waals surface area contributed by atoms with E-state index in [1.165, 1.54) is 18.4 Å². The number of nitrogens with zero attached hydrogens (tertiary/aromatic N) is 2. The molecule has 3 heterocycles. The third kappa shape index (κ3) is 1.65. The molecule has 0 unspecified atom stereocenters.